The van der Waals surface area contributed by atoms with Crippen molar-refractivity contribution in [3.05, 3.63) is 36.4 Å². The van der Waals surface area contributed by atoms with Gasteiger partial charge in [-0.3, -0.25) is 14.5 Å². The molecule has 3 rings (SSSR count). The quantitative estimate of drug-likeness (QED) is 0.631. The molecule has 0 saturated carbocycles. The smallest absolute Gasteiger partial charge is 0.238 e. The van der Waals surface area contributed by atoms with Crippen LogP contribution in [0.4, 0.5) is 11.4 Å². The van der Waals surface area contributed by atoms with Gasteiger partial charge >= 0.3 is 0 Å². The minimum Gasteiger partial charge on any atom is -0.497 e. The van der Waals surface area contributed by atoms with Crippen LogP contribution in [0.1, 0.15) is 6.92 Å². The lowest BCUT2D eigenvalue weighted by molar-refractivity contribution is -0.119. The van der Waals surface area contributed by atoms with E-state index in [-0.39, 0.29) is 24.9 Å². The minimum atomic E-state index is -0.263. The normalized spacial score (nSPS) is 12.3. The van der Waals surface area contributed by atoms with Crippen LogP contribution in [-0.2, 0) is 9.59 Å². The zero-order valence-electron chi connectivity index (χ0n) is 17.9. The zero-order valence-corrected chi connectivity index (χ0v) is 17.9. The van der Waals surface area contributed by atoms with E-state index in [1.807, 2.05) is 6.92 Å². The van der Waals surface area contributed by atoms with Crippen molar-refractivity contribution in [2.45, 2.75) is 6.92 Å². The van der Waals surface area contributed by atoms with E-state index in [0.717, 1.165) is 0 Å². The summed E-state index contributed by atoms with van der Waals surface area (Å²) in [5.41, 5.74) is 1.11. The summed E-state index contributed by atoms with van der Waals surface area (Å²) in [5, 5.41) is 5.64. The Morgan fingerprint density at radius 1 is 0.935 bits per heavy atom. The van der Waals surface area contributed by atoms with Crippen molar-refractivity contribution in [2.24, 2.45) is 0 Å². The van der Waals surface area contributed by atoms with Crippen LogP contribution in [0.15, 0.2) is 36.4 Å². The predicted octanol–water partition coefficient (Wildman–Crippen LogP) is 2.37. The van der Waals surface area contributed by atoms with E-state index in [0.29, 0.717) is 54.1 Å². The highest BCUT2D eigenvalue weighted by Crippen LogP contribution is 2.32. The fourth-order valence-electron chi connectivity index (χ4n) is 3.11. The number of rotatable bonds is 9. The van der Waals surface area contributed by atoms with Gasteiger partial charge in [-0.05, 0) is 30.8 Å². The average molecular weight is 429 g/mol. The molecule has 0 bridgehead atoms. The number of benzene rings is 2. The molecule has 0 radical (unpaired) electrons. The van der Waals surface area contributed by atoms with Crippen LogP contribution < -0.4 is 29.6 Å². The zero-order chi connectivity index (χ0) is 22.2. The number of carbonyl (C=O) groups is 2. The van der Waals surface area contributed by atoms with Crippen molar-refractivity contribution >= 4 is 23.2 Å². The first-order valence-electron chi connectivity index (χ1n) is 9.96. The highest BCUT2D eigenvalue weighted by atomic mass is 16.6. The second-order valence-electron chi connectivity index (χ2n) is 6.82. The summed E-state index contributed by atoms with van der Waals surface area (Å²) in [4.78, 5) is 26.8. The first-order chi connectivity index (χ1) is 15.0. The number of methoxy groups -OCH3 is 2. The first-order valence-corrected chi connectivity index (χ1v) is 9.96. The van der Waals surface area contributed by atoms with Gasteiger partial charge in [0.1, 0.15) is 24.7 Å². The van der Waals surface area contributed by atoms with Gasteiger partial charge in [-0.15, -0.1) is 0 Å². The third-order valence-electron chi connectivity index (χ3n) is 4.69. The van der Waals surface area contributed by atoms with Crippen molar-refractivity contribution in [3.8, 4) is 23.0 Å². The summed E-state index contributed by atoms with van der Waals surface area (Å²) < 4.78 is 21.5. The second-order valence-corrected chi connectivity index (χ2v) is 6.82. The fourth-order valence-corrected chi connectivity index (χ4v) is 3.11. The average Bonchev–Trinajstić information content (AvgIpc) is 2.78. The number of fused-ring (bicyclic) bond motifs is 1. The van der Waals surface area contributed by atoms with Crippen LogP contribution in [0, 0.1) is 0 Å². The first kappa shape index (κ1) is 22.2. The molecule has 2 N–H and O–H groups in total. The van der Waals surface area contributed by atoms with E-state index in [4.69, 9.17) is 18.9 Å². The lowest BCUT2D eigenvalue weighted by Gasteiger charge is -2.21. The van der Waals surface area contributed by atoms with E-state index >= 15 is 0 Å². The largest absolute Gasteiger partial charge is 0.497 e. The lowest BCUT2D eigenvalue weighted by atomic mass is 10.2. The van der Waals surface area contributed by atoms with Gasteiger partial charge in [0, 0.05) is 17.8 Å². The van der Waals surface area contributed by atoms with E-state index in [1.54, 1.807) is 48.4 Å². The Bertz CT molecular complexity index is 933. The molecular weight excluding hydrogens is 402 g/mol. The summed E-state index contributed by atoms with van der Waals surface area (Å²) in [5.74, 6) is 1.88. The number of likely N-dealkylation sites (N-methyl/N-ethyl adjacent to an activating group) is 1. The third kappa shape index (κ3) is 6.02. The maximum absolute atomic E-state index is 12.5. The molecule has 1 heterocycles. The Morgan fingerprint density at radius 3 is 2.32 bits per heavy atom. The Labute approximate surface area is 181 Å². The van der Waals surface area contributed by atoms with Gasteiger partial charge in [0.2, 0.25) is 11.8 Å². The van der Waals surface area contributed by atoms with Crippen molar-refractivity contribution in [3.63, 3.8) is 0 Å². The molecule has 166 valence electrons. The number of amides is 2. The van der Waals surface area contributed by atoms with E-state index < -0.39 is 0 Å². The molecule has 0 aliphatic carbocycles. The molecule has 1 aliphatic heterocycles. The predicted molar refractivity (Wildman–Crippen MR) is 116 cm³/mol. The topological polar surface area (TPSA) is 98.4 Å². The minimum absolute atomic E-state index is 0.0470. The van der Waals surface area contributed by atoms with Crippen LogP contribution in [-0.4, -0.2) is 63.8 Å². The third-order valence-corrected chi connectivity index (χ3v) is 4.69. The van der Waals surface area contributed by atoms with Crippen LogP contribution in [0.25, 0.3) is 0 Å². The molecule has 31 heavy (non-hydrogen) atoms. The summed E-state index contributed by atoms with van der Waals surface area (Å²) >= 11 is 0. The number of hydrogen-bond donors (Lipinski definition) is 2. The molecule has 0 unspecified atom stereocenters. The molecule has 0 atom stereocenters. The molecule has 0 aromatic heterocycles. The van der Waals surface area contributed by atoms with Gasteiger partial charge in [0.15, 0.2) is 11.5 Å². The molecular formula is C22H27N3O6. The van der Waals surface area contributed by atoms with Crippen molar-refractivity contribution in [2.75, 3.05) is 57.7 Å². The summed E-state index contributed by atoms with van der Waals surface area (Å²) in [6, 6.07) is 10.4. The van der Waals surface area contributed by atoms with Crippen LogP contribution in [0.2, 0.25) is 0 Å². The van der Waals surface area contributed by atoms with Crippen LogP contribution in [0.5, 0.6) is 23.0 Å². The summed E-state index contributed by atoms with van der Waals surface area (Å²) in [6.45, 7) is 3.50. The van der Waals surface area contributed by atoms with Gasteiger partial charge in [0.25, 0.3) is 0 Å². The summed E-state index contributed by atoms with van der Waals surface area (Å²) in [7, 11) is 3.07. The molecule has 1 aliphatic rings. The number of nitrogens with one attached hydrogen (secondary N) is 2. The Balaban J connectivity index is 1.56. The number of nitrogens with zero attached hydrogens (tertiary/aromatic N) is 1. The van der Waals surface area contributed by atoms with Gasteiger partial charge in [-0.1, -0.05) is 6.92 Å². The molecule has 9 nitrogen and oxygen atoms in total. The molecule has 0 spiro atoms. The van der Waals surface area contributed by atoms with E-state index in [1.165, 1.54) is 7.11 Å². The molecule has 2 aromatic carbocycles. The lowest BCUT2D eigenvalue weighted by Crippen LogP contribution is -2.38. The number of carbonyl (C=O) groups excluding carboxylic acids is 2. The monoisotopic (exact) mass is 429 g/mol. The highest BCUT2D eigenvalue weighted by Gasteiger charge is 2.17. The summed E-state index contributed by atoms with van der Waals surface area (Å²) in [6.07, 6.45) is 0. The highest BCUT2D eigenvalue weighted by molar-refractivity contribution is 5.95. The fraction of sp³-hybridized carbons (Fsp3) is 0.364. The molecule has 9 heteroatoms. The van der Waals surface area contributed by atoms with Crippen molar-refractivity contribution < 1.29 is 28.5 Å². The van der Waals surface area contributed by atoms with Gasteiger partial charge in [-0.2, -0.15) is 0 Å². The number of hydrogen-bond acceptors (Lipinski definition) is 7. The van der Waals surface area contributed by atoms with Crippen LogP contribution >= 0.6 is 0 Å². The molecule has 0 saturated heterocycles. The standard InChI is InChI=1S/C22H27N3O6/c1-4-25(14-22(27)24-17-12-16(28-2)6-8-18(17)29-3)13-21(26)23-15-5-7-19-20(11-15)31-10-9-30-19/h5-8,11-12H,4,9-10,13-14H2,1-3H3,(H,23,26)(H,24,27). The van der Waals surface area contributed by atoms with Gasteiger partial charge < -0.3 is 29.6 Å². The maximum atomic E-state index is 12.5. The number of anilines is 2. The second kappa shape index (κ2) is 10.5. The van der Waals surface area contributed by atoms with Gasteiger partial charge in [0.05, 0.1) is 33.0 Å². The van der Waals surface area contributed by atoms with Crippen LogP contribution in [0.3, 0.4) is 0 Å². The Kier molecular flexibility index (Phi) is 7.55. The molecule has 2 aromatic rings. The molecule has 0 fully saturated rings. The number of ether oxygens (including phenoxy) is 4. The SMILES string of the molecule is CCN(CC(=O)Nc1ccc2c(c1)OCCO2)CC(=O)Nc1cc(OC)ccc1OC. The van der Waals surface area contributed by atoms with E-state index in [2.05, 4.69) is 10.6 Å². The maximum Gasteiger partial charge on any atom is 0.238 e. The Hall–Kier alpha value is -3.46. The van der Waals surface area contributed by atoms with Gasteiger partial charge in [-0.25, -0.2) is 0 Å². The van der Waals surface area contributed by atoms with Crippen molar-refractivity contribution in [1.29, 1.82) is 0 Å². The van der Waals surface area contributed by atoms with Crippen molar-refractivity contribution in [1.82, 2.24) is 4.90 Å². The molecule has 2 amide bonds. The Morgan fingerprint density at radius 2 is 1.65 bits per heavy atom. The van der Waals surface area contributed by atoms with E-state index in [9.17, 15) is 9.59 Å².